The minimum Gasteiger partial charge on any atom is -0.489 e. The van der Waals surface area contributed by atoms with E-state index in [1.54, 1.807) is 6.33 Å². The Hall–Kier alpha value is -3.65. The third-order valence-corrected chi connectivity index (χ3v) is 5.07. The molecule has 172 valence electrons. The Bertz CT molecular complexity index is 1230. The normalized spacial score (nSPS) is 12.2. The molecule has 0 spiro atoms. The molecule has 0 amide bonds. The number of rotatable bonds is 9. The first-order valence-electron chi connectivity index (χ1n) is 10.9. The summed E-state index contributed by atoms with van der Waals surface area (Å²) in [5.74, 6) is 3.00. The Morgan fingerprint density at radius 3 is 2.64 bits per heavy atom. The van der Waals surface area contributed by atoms with Crippen LogP contribution in [0.25, 0.3) is 10.9 Å². The molecule has 33 heavy (non-hydrogen) atoms. The number of hydrogen-bond donors (Lipinski definition) is 1. The van der Waals surface area contributed by atoms with Crippen LogP contribution in [0, 0.1) is 13.8 Å². The summed E-state index contributed by atoms with van der Waals surface area (Å²) in [5, 5.41) is 8.24. The number of aromatic nitrogens is 3. The van der Waals surface area contributed by atoms with Gasteiger partial charge < -0.3 is 24.2 Å². The van der Waals surface area contributed by atoms with Crippen LogP contribution in [-0.2, 0) is 6.61 Å². The standard InChI is InChI=1S/C25H29N5O3/c1-16-11-19(9-10-22(16)31-14-20-12-17(2)33-29-20)28-25-24-21(26-15-27-25)7-6-8-23(24)32-18(3)13-30(4)5/h6-12,15,18H,13-14H2,1-5H3,(H,26,27,28)/t18-/m1/s1. The van der Waals surface area contributed by atoms with Gasteiger partial charge in [0.25, 0.3) is 0 Å². The number of ether oxygens (including phenoxy) is 2. The van der Waals surface area contributed by atoms with Crippen molar-refractivity contribution in [3.8, 4) is 11.5 Å². The van der Waals surface area contributed by atoms with Gasteiger partial charge in [-0.2, -0.15) is 0 Å². The molecule has 0 fully saturated rings. The van der Waals surface area contributed by atoms with Gasteiger partial charge in [-0.25, -0.2) is 9.97 Å². The molecule has 0 radical (unpaired) electrons. The summed E-state index contributed by atoms with van der Waals surface area (Å²) in [6.45, 7) is 7.08. The molecule has 0 aliphatic rings. The Morgan fingerprint density at radius 1 is 1.06 bits per heavy atom. The molecule has 0 aliphatic carbocycles. The molecule has 0 unspecified atom stereocenters. The van der Waals surface area contributed by atoms with E-state index in [4.69, 9.17) is 14.0 Å². The summed E-state index contributed by atoms with van der Waals surface area (Å²) in [7, 11) is 4.06. The van der Waals surface area contributed by atoms with Crippen molar-refractivity contribution >= 4 is 22.4 Å². The maximum Gasteiger partial charge on any atom is 0.145 e. The molecule has 2 aromatic heterocycles. The number of fused-ring (bicyclic) bond motifs is 1. The smallest absolute Gasteiger partial charge is 0.145 e. The zero-order chi connectivity index (χ0) is 23.4. The molecule has 8 heteroatoms. The van der Waals surface area contributed by atoms with E-state index in [1.807, 2.05) is 70.4 Å². The second kappa shape index (κ2) is 9.87. The summed E-state index contributed by atoms with van der Waals surface area (Å²) >= 11 is 0. The Morgan fingerprint density at radius 2 is 1.91 bits per heavy atom. The third-order valence-electron chi connectivity index (χ3n) is 5.07. The molecule has 4 rings (SSSR count). The second-order valence-corrected chi connectivity index (χ2v) is 8.39. The highest BCUT2D eigenvalue weighted by molar-refractivity contribution is 5.95. The first-order chi connectivity index (χ1) is 15.9. The van der Waals surface area contributed by atoms with Crippen molar-refractivity contribution in [2.75, 3.05) is 26.0 Å². The predicted molar refractivity (Wildman–Crippen MR) is 128 cm³/mol. The average Bonchev–Trinajstić information content (AvgIpc) is 3.18. The topological polar surface area (TPSA) is 85.5 Å². The lowest BCUT2D eigenvalue weighted by molar-refractivity contribution is 0.179. The van der Waals surface area contributed by atoms with Crippen LogP contribution in [-0.4, -0.2) is 46.8 Å². The van der Waals surface area contributed by atoms with Gasteiger partial charge in [0.2, 0.25) is 0 Å². The van der Waals surface area contributed by atoms with Gasteiger partial charge in [0.15, 0.2) is 0 Å². The maximum absolute atomic E-state index is 6.24. The number of benzene rings is 2. The number of anilines is 2. The van der Waals surface area contributed by atoms with E-state index in [2.05, 4.69) is 32.3 Å². The first-order valence-corrected chi connectivity index (χ1v) is 10.9. The lowest BCUT2D eigenvalue weighted by atomic mass is 10.1. The summed E-state index contributed by atoms with van der Waals surface area (Å²) in [6, 6.07) is 13.6. The molecule has 1 N–H and O–H groups in total. The minimum absolute atomic E-state index is 0.0193. The molecule has 0 saturated carbocycles. The van der Waals surface area contributed by atoms with Crippen molar-refractivity contribution in [2.24, 2.45) is 0 Å². The Kier molecular flexibility index (Phi) is 6.74. The van der Waals surface area contributed by atoms with Gasteiger partial charge in [-0.1, -0.05) is 11.2 Å². The van der Waals surface area contributed by atoms with E-state index in [1.165, 1.54) is 0 Å². The van der Waals surface area contributed by atoms with Crippen LogP contribution < -0.4 is 14.8 Å². The van der Waals surface area contributed by atoms with Crippen molar-refractivity contribution in [2.45, 2.75) is 33.5 Å². The second-order valence-electron chi connectivity index (χ2n) is 8.39. The van der Waals surface area contributed by atoms with Crippen LogP contribution in [0.3, 0.4) is 0 Å². The van der Waals surface area contributed by atoms with Crippen LogP contribution >= 0.6 is 0 Å². The van der Waals surface area contributed by atoms with Crippen molar-refractivity contribution in [1.82, 2.24) is 20.0 Å². The van der Waals surface area contributed by atoms with Crippen molar-refractivity contribution in [1.29, 1.82) is 0 Å². The summed E-state index contributed by atoms with van der Waals surface area (Å²) < 4.78 is 17.2. The SMILES string of the molecule is Cc1cc(COc2ccc(Nc3ncnc4cccc(O[C@H](C)CN(C)C)c34)cc2C)no1. The van der Waals surface area contributed by atoms with Gasteiger partial charge >= 0.3 is 0 Å². The van der Waals surface area contributed by atoms with Crippen LogP contribution in [0.1, 0.15) is 23.9 Å². The number of hydrogen-bond acceptors (Lipinski definition) is 8. The quantitative estimate of drug-likeness (QED) is 0.388. The highest BCUT2D eigenvalue weighted by Gasteiger charge is 2.14. The molecular formula is C25H29N5O3. The van der Waals surface area contributed by atoms with E-state index in [-0.39, 0.29) is 6.10 Å². The van der Waals surface area contributed by atoms with E-state index >= 15 is 0 Å². The van der Waals surface area contributed by atoms with Crippen LogP contribution in [0.5, 0.6) is 11.5 Å². The molecule has 4 aromatic rings. The monoisotopic (exact) mass is 447 g/mol. The average molecular weight is 448 g/mol. The number of nitrogens with one attached hydrogen (secondary N) is 1. The zero-order valence-corrected chi connectivity index (χ0v) is 19.6. The molecule has 0 bridgehead atoms. The van der Waals surface area contributed by atoms with E-state index < -0.39 is 0 Å². The van der Waals surface area contributed by atoms with Crippen molar-refractivity contribution in [3.63, 3.8) is 0 Å². The third kappa shape index (κ3) is 5.59. The lowest BCUT2D eigenvalue weighted by Crippen LogP contribution is -2.28. The van der Waals surface area contributed by atoms with Gasteiger partial charge in [-0.15, -0.1) is 0 Å². The zero-order valence-electron chi connectivity index (χ0n) is 19.6. The largest absolute Gasteiger partial charge is 0.489 e. The number of aryl methyl sites for hydroxylation is 2. The lowest BCUT2D eigenvalue weighted by Gasteiger charge is -2.20. The van der Waals surface area contributed by atoms with E-state index in [0.717, 1.165) is 51.7 Å². The molecular weight excluding hydrogens is 418 g/mol. The Balaban J connectivity index is 1.55. The number of nitrogens with zero attached hydrogens (tertiary/aromatic N) is 4. The van der Waals surface area contributed by atoms with Crippen LogP contribution in [0.4, 0.5) is 11.5 Å². The molecule has 0 aliphatic heterocycles. The number of likely N-dealkylation sites (N-methyl/N-ethyl adjacent to an activating group) is 1. The summed E-state index contributed by atoms with van der Waals surface area (Å²) in [6.07, 6.45) is 1.58. The van der Waals surface area contributed by atoms with Crippen molar-refractivity contribution < 1.29 is 14.0 Å². The van der Waals surface area contributed by atoms with Gasteiger partial charge in [0.05, 0.1) is 10.9 Å². The highest BCUT2D eigenvalue weighted by Crippen LogP contribution is 2.33. The fourth-order valence-corrected chi connectivity index (χ4v) is 3.70. The molecule has 0 saturated heterocycles. The van der Waals surface area contributed by atoms with Crippen LogP contribution in [0.2, 0.25) is 0 Å². The molecule has 2 aromatic carbocycles. The Labute approximate surface area is 193 Å². The van der Waals surface area contributed by atoms with E-state index in [0.29, 0.717) is 12.4 Å². The van der Waals surface area contributed by atoms with Crippen molar-refractivity contribution in [3.05, 3.63) is 65.8 Å². The van der Waals surface area contributed by atoms with E-state index in [9.17, 15) is 0 Å². The fourth-order valence-electron chi connectivity index (χ4n) is 3.70. The minimum atomic E-state index is 0.0193. The highest BCUT2D eigenvalue weighted by atomic mass is 16.5. The summed E-state index contributed by atoms with van der Waals surface area (Å²) in [4.78, 5) is 11.0. The first kappa shape index (κ1) is 22.5. The van der Waals surface area contributed by atoms with Gasteiger partial charge in [-0.3, -0.25) is 0 Å². The molecule has 1 atom stereocenters. The summed E-state index contributed by atoms with van der Waals surface area (Å²) in [5.41, 5.74) is 3.47. The molecule has 8 nitrogen and oxygen atoms in total. The molecule has 2 heterocycles. The van der Waals surface area contributed by atoms with Gasteiger partial charge in [0.1, 0.15) is 47.8 Å². The van der Waals surface area contributed by atoms with Gasteiger partial charge in [0, 0.05) is 18.3 Å². The fraction of sp³-hybridized carbons (Fsp3) is 0.320. The maximum atomic E-state index is 6.24. The van der Waals surface area contributed by atoms with Crippen LogP contribution in [0.15, 0.2) is 53.3 Å². The van der Waals surface area contributed by atoms with Gasteiger partial charge in [-0.05, 0) is 70.8 Å². The predicted octanol–water partition coefficient (Wildman–Crippen LogP) is 4.89.